The summed E-state index contributed by atoms with van der Waals surface area (Å²) in [5.74, 6) is -0.378. The zero-order valence-corrected chi connectivity index (χ0v) is 15.0. The predicted octanol–water partition coefficient (Wildman–Crippen LogP) is 4.29. The maximum atomic E-state index is 12.0. The lowest BCUT2D eigenvalue weighted by Gasteiger charge is -2.14. The Morgan fingerprint density at radius 2 is 1.83 bits per heavy atom. The Labute approximate surface area is 148 Å². The van der Waals surface area contributed by atoms with E-state index < -0.39 is 5.97 Å². The second-order valence-corrected chi connectivity index (χ2v) is 6.47. The fourth-order valence-corrected chi connectivity index (χ4v) is 2.52. The standard InChI is InChI=1S/C18H18BrNO4/c1-11(2)15-9-13(19)5-8-16(15)24-10-17(21)20-14-6-3-12(4-7-14)18(22)23/h3-9,11H,10H2,1-2H3,(H,20,21)(H,22,23). The topological polar surface area (TPSA) is 75.6 Å². The molecule has 2 N–H and O–H groups in total. The summed E-state index contributed by atoms with van der Waals surface area (Å²) in [6.07, 6.45) is 0. The molecule has 0 radical (unpaired) electrons. The van der Waals surface area contributed by atoms with Crippen molar-refractivity contribution in [3.63, 3.8) is 0 Å². The van der Waals surface area contributed by atoms with Gasteiger partial charge in [-0.05, 0) is 53.9 Å². The van der Waals surface area contributed by atoms with E-state index in [0.717, 1.165) is 10.0 Å². The van der Waals surface area contributed by atoms with Gasteiger partial charge in [0.1, 0.15) is 5.75 Å². The Morgan fingerprint density at radius 3 is 2.42 bits per heavy atom. The van der Waals surface area contributed by atoms with Gasteiger partial charge in [-0.2, -0.15) is 0 Å². The lowest BCUT2D eigenvalue weighted by atomic mass is 10.0. The molecule has 0 bridgehead atoms. The Hall–Kier alpha value is -2.34. The highest BCUT2D eigenvalue weighted by Crippen LogP contribution is 2.29. The number of nitrogens with one attached hydrogen (secondary N) is 1. The van der Waals surface area contributed by atoms with Crippen molar-refractivity contribution in [3.8, 4) is 5.75 Å². The summed E-state index contributed by atoms with van der Waals surface area (Å²) in [7, 11) is 0. The lowest BCUT2D eigenvalue weighted by Crippen LogP contribution is -2.20. The molecule has 0 aliphatic rings. The Kier molecular flexibility index (Phi) is 5.98. The highest BCUT2D eigenvalue weighted by Gasteiger charge is 2.11. The van der Waals surface area contributed by atoms with E-state index in [4.69, 9.17) is 9.84 Å². The molecule has 0 aliphatic heterocycles. The Morgan fingerprint density at radius 1 is 1.17 bits per heavy atom. The number of carbonyl (C=O) groups excluding carboxylic acids is 1. The van der Waals surface area contributed by atoms with E-state index in [1.807, 2.05) is 18.2 Å². The van der Waals surface area contributed by atoms with Crippen LogP contribution in [0.4, 0.5) is 5.69 Å². The molecule has 0 heterocycles. The van der Waals surface area contributed by atoms with Crippen molar-refractivity contribution >= 4 is 33.5 Å². The van der Waals surface area contributed by atoms with Crippen molar-refractivity contribution in [1.82, 2.24) is 0 Å². The van der Waals surface area contributed by atoms with E-state index in [1.165, 1.54) is 12.1 Å². The SMILES string of the molecule is CC(C)c1cc(Br)ccc1OCC(=O)Nc1ccc(C(=O)O)cc1. The van der Waals surface area contributed by atoms with Crippen molar-refractivity contribution in [2.45, 2.75) is 19.8 Å². The molecule has 2 rings (SSSR count). The molecule has 1 amide bonds. The van der Waals surface area contributed by atoms with Crippen molar-refractivity contribution in [2.24, 2.45) is 0 Å². The van der Waals surface area contributed by atoms with Crippen LogP contribution in [0.5, 0.6) is 5.75 Å². The number of hydrogen-bond acceptors (Lipinski definition) is 3. The summed E-state index contributed by atoms with van der Waals surface area (Å²) in [5.41, 5.74) is 1.71. The van der Waals surface area contributed by atoms with Crippen molar-refractivity contribution < 1.29 is 19.4 Å². The second-order valence-electron chi connectivity index (χ2n) is 5.56. The van der Waals surface area contributed by atoms with Crippen LogP contribution >= 0.6 is 15.9 Å². The molecule has 5 nitrogen and oxygen atoms in total. The van der Waals surface area contributed by atoms with E-state index >= 15 is 0 Å². The summed E-state index contributed by atoms with van der Waals surface area (Å²) in [5, 5.41) is 11.5. The number of ether oxygens (including phenoxy) is 1. The van der Waals surface area contributed by atoms with Crippen LogP contribution in [0.2, 0.25) is 0 Å². The second kappa shape index (κ2) is 7.97. The highest BCUT2D eigenvalue weighted by atomic mass is 79.9. The van der Waals surface area contributed by atoms with Gasteiger partial charge < -0.3 is 15.2 Å². The number of hydrogen-bond donors (Lipinski definition) is 2. The fraction of sp³-hybridized carbons (Fsp3) is 0.222. The first-order valence-corrected chi connectivity index (χ1v) is 8.21. The largest absolute Gasteiger partial charge is 0.483 e. The van der Waals surface area contributed by atoms with Gasteiger partial charge in [0.25, 0.3) is 5.91 Å². The molecule has 0 saturated carbocycles. The zero-order chi connectivity index (χ0) is 17.7. The molecule has 0 saturated heterocycles. The zero-order valence-electron chi connectivity index (χ0n) is 13.4. The van der Waals surface area contributed by atoms with E-state index in [2.05, 4.69) is 35.1 Å². The summed E-state index contributed by atoms with van der Waals surface area (Å²) in [6, 6.07) is 11.6. The lowest BCUT2D eigenvalue weighted by molar-refractivity contribution is -0.118. The molecule has 0 aliphatic carbocycles. The van der Waals surface area contributed by atoms with Gasteiger partial charge in [0, 0.05) is 10.2 Å². The van der Waals surface area contributed by atoms with Gasteiger partial charge in [0.05, 0.1) is 5.56 Å². The average molecular weight is 392 g/mol. The maximum absolute atomic E-state index is 12.0. The molecule has 0 fully saturated rings. The van der Waals surface area contributed by atoms with E-state index in [-0.39, 0.29) is 24.0 Å². The van der Waals surface area contributed by atoms with Crippen LogP contribution in [-0.4, -0.2) is 23.6 Å². The average Bonchev–Trinajstić information content (AvgIpc) is 2.54. The van der Waals surface area contributed by atoms with Crippen LogP contribution in [0.1, 0.15) is 35.7 Å². The molecule has 2 aromatic carbocycles. The molecule has 0 aromatic heterocycles. The molecular weight excluding hydrogens is 374 g/mol. The minimum atomic E-state index is -1.01. The number of benzene rings is 2. The van der Waals surface area contributed by atoms with Gasteiger partial charge in [-0.3, -0.25) is 4.79 Å². The van der Waals surface area contributed by atoms with Crippen molar-refractivity contribution in [1.29, 1.82) is 0 Å². The fourth-order valence-electron chi connectivity index (χ4n) is 2.14. The van der Waals surface area contributed by atoms with Crippen LogP contribution in [-0.2, 0) is 4.79 Å². The maximum Gasteiger partial charge on any atom is 0.335 e. The number of rotatable bonds is 6. The van der Waals surface area contributed by atoms with Gasteiger partial charge >= 0.3 is 5.97 Å². The third-order valence-corrected chi connectivity index (χ3v) is 3.86. The van der Waals surface area contributed by atoms with Gasteiger partial charge in [-0.1, -0.05) is 29.8 Å². The molecular formula is C18H18BrNO4. The number of carboxylic acid groups (broad SMARTS) is 1. The number of amides is 1. The molecule has 0 atom stereocenters. The summed E-state index contributed by atoms with van der Waals surface area (Å²) in [4.78, 5) is 22.8. The van der Waals surface area contributed by atoms with E-state index in [9.17, 15) is 9.59 Å². The first-order valence-electron chi connectivity index (χ1n) is 7.42. The third-order valence-electron chi connectivity index (χ3n) is 3.37. The molecule has 126 valence electrons. The summed E-state index contributed by atoms with van der Waals surface area (Å²) < 4.78 is 6.58. The van der Waals surface area contributed by atoms with Gasteiger partial charge in [-0.25, -0.2) is 4.79 Å². The molecule has 24 heavy (non-hydrogen) atoms. The number of anilines is 1. The van der Waals surface area contributed by atoms with Crippen molar-refractivity contribution in [3.05, 3.63) is 58.1 Å². The van der Waals surface area contributed by atoms with Gasteiger partial charge in [0.15, 0.2) is 6.61 Å². The van der Waals surface area contributed by atoms with Crippen LogP contribution in [0, 0.1) is 0 Å². The van der Waals surface area contributed by atoms with Crippen LogP contribution in [0.25, 0.3) is 0 Å². The smallest absolute Gasteiger partial charge is 0.335 e. The third kappa shape index (κ3) is 4.83. The monoisotopic (exact) mass is 391 g/mol. The van der Waals surface area contributed by atoms with Gasteiger partial charge in [0.2, 0.25) is 0 Å². The normalized spacial score (nSPS) is 10.5. The molecule has 0 unspecified atom stereocenters. The highest BCUT2D eigenvalue weighted by molar-refractivity contribution is 9.10. The Bertz CT molecular complexity index is 741. The van der Waals surface area contributed by atoms with Crippen molar-refractivity contribution in [2.75, 3.05) is 11.9 Å². The number of carbonyl (C=O) groups is 2. The number of carboxylic acids is 1. The van der Waals surface area contributed by atoms with Gasteiger partial charge in [-0.15, -0.1) is 0 Å². The quantitative estimate of drug-likeness (QED) is 0.769. The number of halogens is 1. The predicted molar refractivity (Wildman–Crippen MR) is 95.8 cm³/mol. The molecule has 2 aromatic rings. The van der Waals surface area contributed by atoms with E-state index in [1.54, 1.807) is 12.1 Å². The minimum absolute atomic E-state index is 0.123. The first-order chi connectivity index (χ1) is 11.4. The minimum Gasteiger partial charge on any atom is -0.483 e. The Balaban J connectivity index is 1.97. The molecule has 6 heteroatoms. The van der Waals surface area contributed by atoms with E-state index in [0.29, 0.717) is 11.4 Å². The first kappa shape index (κ1) is 18.0. The van der Waals surface area contributed by atoms with Crippen LogP contribution in [0.3, 0.4) is 0 Å². The summed E-state index contributed by atoms with van der Waals surface area (Å²) >= 11 is 3.43. The molecule has 0 spiro atoms. The van der Waals surface area contributed by atoms with Crippen LogP contribution in [0.15, 0.2) is 46.9 Å². The van der Waals surface area contributed by atoms with Crippen LogP contribution < -0.4 is 10.1 Å². The summed E-state index contributed by atoms with van der Waals surface area (Å²) in [6.45, 7) is 3.99. The number of aromatic carboxylic acids is 1.